The van der Waals surface area contributed by atoms with Gasteiger partial charge in [0.25, 0.3) is 0 Å². The van der Waals surface area contributed by atoms with Crippen LogP contribution in [-0.2, 0) is 0 Å². The maximum atomic E-state index is 11.8. The Hall–Kier alpha value is -1.12. The van der Waals surface area contributed by atoms with E-state index in [9.17, 15) is 13.2 Å². The number of nitrogens with zero attached hydrogens (tertiary/aromatic N) is 1. The molecule has 0 spiro atoms. The number of hydrogen-bond donors (Lipinski definition) is 1. The van der Waals surface area contributed by atoms with Crippen molar-refractivity contribution < 1.29 is 22.1 Å². The second-order valence-corrected chi connectivity index (χ2v) is 3.61. The van der Waals surface area contributed by atoms with Gasteiger partial charge in [-0.1, -0.05) is 0 Å². The van der Waals surface area contributed by atoms with Crippen LogP contribution in [0.2, 0.25) is 0 Å². The van der Waals surface area contributed by atoms with E-state index in [4.69, 9.17) is 10.0 Å². The van der Waals surface area contributed by atoms with E-state index in [0.717, 1.165) is 24.4 Å². The number of halogens is 3. The summed E-state index contributed by atoms with van der Waals surface area (Å²) in [6, 6.07) is 4.99. The van der Waals surface area contributed by atoms with Gasteiger partial charge >= 0.3 is 6.36 Å². The summed E-state index contributed by atoms with van der Waals surface area (Å²) in [6.07, 6.45) is -4.69. The van der Waals surface area contributed by atoms with E-state index in [1.807, 2.05) is 0 Å². The Labute approximate surface area is 94.4 Å². The van der Waals surface area contributed by atoms with Crippen molar-refractivity contribution in [2.75, 3.05) is 7.05 Å². The van der Waals surface area contributed by atoms with Crippen LogP contribution in [0.15, 0.2) is 24.3 Å². The Balaban J connectivity index is 2.54. The molecule has 0 bridgehead atoms. The van der Waals surface area contributed by atoms with Crippen LogP contribution < -0.4 is 14.8 Å². The Bertz CT molecular complexity index is 329. The fourth-order valence-electron chi connectivity index (χ4n) is 0.799. The molecule has 0 aliphatic rings. The largest absolute Gasteiger partial charge is 0.573 e. The summed E-state index contributed by atoms with van der Waals surface area (Å²) in [7, 11) is 1.56. The molecular weight excluding hydrogens is 245 g/mol. The molecule has 0 saturated carbocycles. The van der Waals surface area contributed by atoms with Crippen LogP contribution in [0.3, 0.4) is 0 Å². The van der Waals surface area contributed by atoms with Gasteiger partial charge < -0.3 is 8.92 Å². The normalized spacial score (nSPS) is 11.6. The minimum Gasteiger partial charge on any atom is -0.409 e. The summed E-state index contributed by atoms with van der Waals surface area (Å²) in [6.45, 7) is 0. The molecule has 0 saturated heterocycles. The third-order valence-corrected chi connectivity index (χ3v) is 1.81. The van der Waals surface area contributed by atoms with Gasteiger partial charge in [-0.15, -0.1) is 13.2 Å². The highest BCUT2D eigenvalue weighted by molar-refractivity contribution is 7.92. The van der Waals surface area contributed by atoms with Gasteiger partial charge in [-0.05, 0) is 24.3 Å². The van der Waals surface area contributed by atoms with Crippen molar-refractivity contribution in [3.63, 3.8) is 0 Å². The van der Waals surface area contributed by atoms with Gasteiger partial charge in [0.05, 0.1) is 0 Å². The molecule has 1 rings (SSSR count). The Kier molecular flexibility index (Phi) is 4.27. The molecule has 0 atom stereocenters. The fraction of sp³-hybridized carbons (Fsp3) is 0.250. The summed E-state index contributed by atoms with van der Waals surface area (Å²) in [5.74, 6) is 5.32. The topological polar surface area (TPSA) is 47.7 Å². The second kappa shape index (κ2) is 5.28. The van der Waals surface area contributed by atoms with Crippen molar-refractivity contribution in [2.24, 2.45) is 5.84 Å². The molecule has 0 fully saturated rings. The molecule has 1 aromatic rings. The molecule has 0 aliphatic heterocycles. The van der Waals surface area contributed by atoms with Gasteiger partial charge in [0.15, 0.2) is 12.2 Å². The summed E-state index contributed by atoms with van der Waals surface area (Å²) >= 11 is 0.851. The predicted octanol–water partition coefficient (Wildman–Crippen LogP) is 2.33. The molecule has 0 unspecified atom stereocenters. The maximum absolute atomic E-state index is 11.8. The number of alkyl halides is 3. The van der Waals surface area contributed by atoms with E-state index in [0.29, 0.717) is 5.75 Å². The van der Waals surface area contributed by atoms with Gasteiger partial charge in [-0.25, -0.2) is 0 Å². The number of hydrogen-bond acceptors (Lipinski definition) is 5. The lowest BCUT2D eigenvalue weighted by molar-refractivity contribution is -0.274. The maximum Gasteiger partial charge on any atom is 0.573 e. The summed E-state index contributed by atoms with van der Waals surface area (Å²) in [5.41, 5.74) is 0. The first-order valence-corrected chi connectivity index (χ1v) is 4.75. The zero-order valence-electron chi connectivity index (χ0n) is 8.19. The zero-order valence-corrected chi connectivity index (χ0v) is 9.01. The number of hydrazine groups is 1. The first kappa shape index (κ1) is 12.9. The monoisotopic (exact) mass is 254 g/mol. The molecule has 0 aliphatic carbocycles. The third kappa shape index (κ3) is 5.10. The molecule has 0 aromatic heterocycles. The average Bonchev–Trinajstić information content (AvgIpc) is 2.14. The Morgan fingerprint density at radius 3 is 2.12 bits per heavy atom. The Morgan fingerprint density at radius 1 is 1.19 bits per heavy atom. The molecule has 90 valence electrons. The zero-order chi connectivity index (χ0) is 12.2. The molecule has 0 amide bonds. The summed E-state index contributed by atoms with van der Waals surface area (Å²) < 4.78 is 45.4. The molecular formula is C8H9F3N2O2S. The van der Waals surface area contributed by atoms with Crippen molar-refractivity contribution in [1.82, 2.24) is 4.41 Å². The van der Waals surface area contributed by atoms with Crippen LogP contribution in [0.4, 0.5) is 13.2 Å². The van der Waals surface area contributed by atoms with E-state index >= 15 is 0 Å². The van der Waals surface area contributed by atoms with Gasteiger partial charge in [0, 0.05) is 7.05 Å². The smallest absolute Gasteiger partial charge is 0.409 e. The van der Waals surface area contributed by atoms with E-state index in [2.05, 4.69) is 4.74 Å². The summed E-state index contributed by atoms with van der Waals surface area (Å²) in [4.78, 5) is 0. The molecule has 8 heteroatoms. The minimum atomic E-state index is -4.69. The molecule has 16 heavy (non-hydrogen) atoms. The van der Waals surface area contributed by atoms with Crippen LogP contribution >= 0.6 is 12.2 Å². The number of nitrogens with two attached hydrogens (primary N) is 1. The second-order valence-electron chi connectivity index (χ2n) is 2.72. The van der Waals surface area contributed by atoms with Crippen molar-refractivity contribution in [2.45, 2.75) is 6.36 Å². The van der Waals surface area contributed by atoms with Crippen LogP contribution in [-0.4, -0.2) is 17.8 Å². The lowest BCUT2D eigenvalue weighted by Crippen LogP contribution is -2.18. The van der Waals surface area contributed by atoms with Crippen molar-refractivity contribution in [3.8, 4) is 11.5 Å². The standard InChI is InChI=1S/C8H9F3N2O2S/c1-13(12)16-15-7-4-2-6(3-5-7)14-8(9,10)11/h2-5H,12H2,1H3. The van der Waals surface area contributed by atoms with Crippen LogP contribution in [0.25, 0.3) is 0 Å². The first-order chi connectivity index (χ1) is 7.37. The molecule has 4 nitrogen and oxygen atoms in total. The van der Waals surface area contributed by atoms with Crippen LogP contribution in [0.1, 0.15) is 0 Å². The highest BCUT2D eigenvalue weighted by Gasteiger charge is 2.30. The molecule has 1 aromatic carbocycles. The quantitative estimate of drug-likeness (QED) is 0.387. The average molecular weight is 254 g/mol. The van der Waals surface area contributed by atoms with E-state index < -0.39 is 6.36 Å². The van der Waals surface area contributed by atoms with E-state index in [1.54, 1.807) is 7.05 Å². The van der Waals surface area contributed by atoms with E-state index in [-0.39, 0.29) is 5.75 Å². The van der Waals surface area contributed by atoms with Gasteiger partial charge in [0.2, 0.25) is 0 Å². The van der Waals surface area contributed by atoms with Gasteiger partial charge in [-0.3, -0.25) is 5.84 Å². The highest BCUT2D eigenvalue weighted by Crippen LogP contribution is 2.25. The molecule has 2 N–H and O–H groups in total. The summed E-state index contributed by atoms with van der Waals surface area (Å²) in [5, 5.41) is 0. The van der Waals surface area contributed by atoms with Gasteiger partial charge in [0.1, 0.15) is 11.5 Å². The lowest BCUT2D eigenvalue weighted by atomic mass is 10.3. The van der Waals surface area contributed by atoms with Crippen molar-refractivity contribution in [1.29, 1.82) is 0 Å². The number of ether oxygens (including phenoxy) is 1. The molecule has 0 radical (unpaired) electrons. The fourth-order valence-corrected chi connectivity index (χ4v) is 1.11. The van der Waals surface area contributed by atoms with Crippen LogP contribution in [0.5, 0.6) is 11.5 Å². The van der Waals surface area contributed by atoms with Crippen molar-refractivity contribution in [3.05, 3.63) is 24.3 Å². The number of benzene rings is 1. The SMILES string of the molecule is CN(N)SOc1ccc(OC(F)(F)F)cc1. The molecule has 0 heterocycles. The first-order valence-electron chi connectivity index (χ1n) is 4.06. The third-order valence-electron chi connectivity index (χ3n) is 1.31. The highest BCUT2D eigenvalue weighted by atomic mass is 32.2. The van der Waals surface area contributed by atoms with Crippen molar-refractivity contribution >= 4 is 12.2 Å². The van der Waals surface area contributed by atoms with Crippen LogP contribution in [0, 0.1) is 0 Å². The lowest BCUT2D eigenvalue weighted by Gasteiger charge is -2.10. The van der Waals surface area contributed by atoms with Gasteiger partial charge in [-0.2, -0.15) is 4.41 Å². The van der Waals surface area contributed by atoms with E-state index in [1.165, 1.54) is 16.5 Å². The Morgan fingerprint density at radius 2 is 1.69 bits per heavy atom. The minimum absolute atomic E-state index is 0.300. The number of rotatable bonds is 4. The predicted molar refractivity (Wildman–Crippen MR) is 53.3 cm³/mol.